The van der Waals surface area contributed by atoms with Gasteiger partial charge in [-0.15, -0.1) is 0 Å². The van der Waals surface area contributed by atoms with Crippen LogP contribution in [0.3, 0.4) is 0 Å². The molecule has 4 nitrogen and oxygen atoms in total. The Balaban J connectivity index is 1.77. The SMILES string of the molecule is O=C(Oc1ccccc1)C(Cc1ccccc1)(Cc1ccccc1)C(=O)Oc1ccccc1. The van der Waals surface area contributed by atoms with Crippen molar-refractivity contribution in [2.24, 2.45) is 5.41 Å². The minimum atomic E-state index is -1.59. The summed E-state index contributed by atoms with van der Waals surface area (Å²) in [6.45, 7) is 0. The molecule has 0 N–H and O–H groups in total. The minimum Gasteiger partial charge on any atom is -0.426 e. The van der Waals surface area contributed by atoms with E-state index in [0.717, 1.165) is 11.1 Å². The van der Waals surface area contributed by atoms with Gasteiger partial charge in [0, 0.05) is 0 Å². The molecule has 4 rings (SSSR count). The summed E-state index contributed by atoms with van der Waals surface area (Å²) < 4.78 is 11.5. The highest BCUT2D eigenvalue weighted by molar-refractivity contribution is 6.02. The van der Waals surface area contributed by atoms with Crippen molar-refractivity contribution in [1.82, 2.24) is 0 Å². The Hall–Kier alpha value is -4.18. The average Bonchev–Trinajstić information content (AvgIpc) is 2.86. The van der Waals surface area contributed by atoms with Gasteiger partial charge in [-0.3, -0.25) is 9.59 Å². The Bertz CT molecular complexity index is 1080. The first kappa shape index (κ1) is 22.0. The smallest absolute Gasteiger partial charge is 0.329 e. The second-order valence-electron chi connectivity index (χ2n) is 7.81. The Morgan fingerprint density at radius 1 is 0.485 bits per heavy atom. The van der Waals surface area contributed by atoms with Crippen molar-refractivity contribution in [2.45, 2.75) is 12.8 Å². The van der Waals surface area contributed by atoms with Gasteiger partial charge in [-0.2, -0.15) is 0 Å². The van der Waals surface area contributed by atoms with Crippen LogP contribution in [-0.4, -0.2) is 11.9 Å². The Morgan fingerprint density at radius 2 is 0.788 bits per heavy atom. The molecule has 0 radical (unpaired) electrons. The van der Waals surface area contributed by atoms with Gasteiger partial charge in [0.15, 0.2) is 5.41 Å². The van der Waals surface area contributed by atoms with Gasteiger partial charge < -0.3 is 9.47 Å². The number of hydrogen-bond donors (Lipinski definition) is 0. The molecule has 0 atom stereocenters. The largest absolute Gasteiger partial charge is 0.426 e. The third-order valence-electron chi connectivity index (χ3n) is 5.39. The normalized spacial score (nSPS) is 10.9. The summed E-state index contributed by atoms with van der Waals surface area (Å²) in [6, 6.07) is 36.4. The van der Waals surface area contributed by atoms with Crippen LogP contribution < -0.4 is 9.47 Å². The minimum absolute atomic E-state index is 0.139. The average molecular weight is 437 g/mol. The number of hydrogen-bond acceptors (Lipinski definition) is 4. The van der Waals surface area contributed by atoms with Gasteiger partial charge in [-0.1, -0.05) is 97.1 Å². The molecule has 0 saturated heterocycles. The van der Waals surface area contributed by atoms with Gasteiger partial charge in [-0.25, -0.2) is 0 Å². The molecule has 0 saturated carbocycles. The molecule has 0 aromatic heterocycles. The van der Waals surface area contributed by atoms with Gasteiger partial charge in [0.25, 0.3) is 0 Å². The van der Waals surface area contributed by atoms with Crippen LogP contribution >= 0.6 is 0 Å². The molecule has 0 heterocycles. The zero-order chi connectivity index (χ0) is 22.9. The lowest BCUT2D eigenvalue weighted by Crippen LogP contribution is -2.48. The van der Waals surface area contributed by atoms with E-state index < -0.39 is 17.4 Å². The third kappa shape index (κ3) is 5.55. The second-order valence-corrected chi connectivity index (χ2v) is 7.81. The van der Waals surface area contributed by atoms with Crippen molar-refractivity contribution in [3.63, 3.8) is 0 Å². The molecule has 0 aliphatic rings. The fraction of sp³-hybridized carbons (Fsp3) is 0.103. The van der Waals surface area contributed by atoms with Gasteiger partial charge in [0.1, 0.15) is 11.5 Å². The number of para-hydroxylation sites is 2. The van der Waals surface area contributed by atoms with E-state index in [1.54, 1.807) is 48.5 Å². The van der Waals surface area contributed by atoms with Crippen LogP contribution in [0.2, 0.25) is 0 Å². The van der Waals surface area contributed by atoms with Crippen molar-refractivity contribution < 1.29 is 19.1 Å². The van der Waals surface area contributed by atoms with Crippen LogP contribution in [0.1, 0.15) is 11.1 Å². The van der Waals surface area contributed by atoms with Crippen LogP contribution in [0.5, 0.6) is 11.5 Å². The second kappa shape index (κ2) is 10.4. The molecule has 0 unspecified atom stereocenters. The van der Waals surface area contributed by atoms with Crippen molar-refractivity contribution in [1.29, 1.82) is 0 Å². The van der Waals surface area contributed by atoms with Crippen molar-refractivity contribution >= 4 is 11.9 Å². The van der Waals surface area contributed by atoms with Crippen LogP contribution in [0, 0.1) is 5.41 Å². The van der Waals surface area contributed by atoms with E-state index in [1.807, 2.05) is 72.8 Å². The van der Waals surface area contributed by atoms with Gasteiger partial charge >= 0.3 is 11.9 Å². The fourth-order valence-corrected chi connectivity index (χ4v) is 3.71. The summed E-state index contributed by atoms with van der Waals surface area (Å²) in [5, 5.41) is 0. The molecular weight excluding hydrogens is 412 g/mol. The number of carbonyl (C=O) groups excluding carboxylic acids is 2. The number of rotatable bonds is 8. The Kier molecular flexibility index (Phi) is 6.96. The summed E-state index contributed by atoms with van der Waals surface area (Å²) >= 11 is 0. The molecular formula is C29H24O4. The predicted octanol–water partition coefficient (Wildman–Crippen LogP) is 5.67. The highest BCUT2D eigenvalue weighted by Crippen LogP contribution is 2.33. The number of ether oxygens (including phenoxy) is 2. The highest BCUT2D eigenvalue weighted by atomic mass is 16.6. The maximum absolute atomic E-state index is 13.8. The van der Waals surface area contributed by atoms with Crippen LogP contribution in [-0.2, 0) is 22.4 Å². The van der Waals surface area contributed by atoms with Gasteiger partial charge in [-0.05, 0) is 48.2 Å². The quantitative estimate of drug-likeness (QED) is 0.203. The van der Waals surface area contributed by atoms with E-state index in [4.69, 9.17) is 9.47 Å². The van der Waals surface area contributed by atoms with E-state index in [2.05, 4.69) is 0 Å². The van der Waals surface area contributed by atoms with E-state index >= 15 is 0 Å². The first-order chi connectivity index (χ1) is 16.2. The maximum atomic E-state index is 13.8. The van der Waals surface area contributed by atoms with E-state index in [1.165, 1.54) is 0 Å². The first-order valence-corrected chi connectivity index (χ1v) is 10.8. The summed E-state index contributed by atoms with van der Waals surface area (Å²) in [6.07, 6.45) is 0.278. The fourth-order valence-electron chi connectivity index (χ4n) is 3.71. The van der Waals surface area contributed by atoms with Crippen molar-refractivity contribution in [3.8, 4) is 11.5 Å². The first-order valence-electron chi connectivity index (χ1n) is 10.8. The molecule has 4 aromatic carbocycles. The Morgan fingerprint density at radius 3 is 1.12 bits per heavy atom. The van der Waals surface area contributed by atoms with Crippen molar-refractivity contribution in [2.75, 3.05) is 0 Å². The number of benzene rings is 4. The van der Waals surface area contributed by atoms with Crippen molar-refractivity contribution in [3.05, 3.63) is 132 Å². The molecule has 0 aliphatic heterocycles. The lowest BCUT2D eigenvalue weighted by Gasteiger charge is -2.29. The summed E-state index contributed by atoms with van der Waals surface area (Å²) in [4.78, 5) is 27.5. The monoisotopic (exact) mass is 436 g/mol. The van der Waals surface area contributed by atoms with Crippen LogP contribution in [0.15, 0.2) is 121 Å². The zero-order valence-electron chi connectivity index (χ0n) is 18.1. The molecule has 164 valence electrons. The Labute approximate surface area is 193 Å². The molecule has 0 aliphatic carbocycles. The topological polar surface area (TPSA) is 52.6 Å². The molecule has 0 amide bonds. The highest BCUT2D eigenvalue weighted by Gasteiger charge is 2.49. The van der Waals surface area contributed by atoms with Gasteiger partial charge in [0.05, 0.1) is 0 Å². The van der Waals surface area contributed by atoms with Crippen LogP contribution in [0.4, 0.5) is 0 Å². The lowest BCUT2D eigenvalue weighted by atomic mass is 9.76. The molecule has 0 bridgehead atoms. The van der Waals surface area contributed by atoms with Crippen LogP contribution in [0.25, 0.3) is 0 Å². The van der Waals surface area contributed by atoms with E-state index in [0.29, 0.717) is 11.5 Å². The van der Waals surface area contributed by atoms with Gasteiger partial charge in [0.2, 0.25) is 0 Å². The van der Waals surface area contributed by atoms with E-state index in [9.17, 15) is 9.59 Å². The molecule has 0 spiro atoms. The summed E-state index contributed by atoms with van der Waals surface area (Å²) in [5.74, 6) is -0.550. The standard InChI is InChI=1S/C29H24O4/c30-27(32-25-17-9-3-10-18-25)29(21-23-13-5-1-6-14-23,22-24-15-7-2-8-16-24)28(31)33-26-19-11-4-12-20-26/h1-20H,21-22H2. The summed E-state index contributed by atoms with van der Waals surface area (Å²) in [7, 11) is 0. The molecule has 0 fully saturated rings. The lowest BCUT2D eigenvalue weighted by molar-refractivity contribution is -0.161. The van der Waals surface area contributed by atoms with E-state index in [-0.39, 0.29) is 12.8 Å². The zero-order valence-corrected chi connectivity index (χ0v) is 18.1. The number of esters is 2. The third-order valence-corrected chi connectivity index (χ3v) is 5.39. The molecule has 33 heavy (non-hydrogen) atoms. The predicted molar refractivity (Wildman–Crippen MR) is 127 cm³/mol. The maximum Gasteiger partial charge on any atom is 0.329 e. The summed E-state index contributed by atoms with van der Waals surface area (Å²) in [5.41, 5.74) is 0.0842. The molecule has 4 heteroatoms. The number of carbonyl (C=O) groups is 2. The molecule has 4 aromatic rings.